The van der Waals surface area contributed by atoms with Crippen LogP contribution in [0.15, 0.2) is 54.6 Å². The summed E-state index contributed by atoms with van der Waals surface area (Å²) in [6.45, 7) is 2.06. The number of carbonyl (C=O) groups excluding carboxylic acids is 2. The van der Waals surface area contributed by atoms with Gasteiger partial charge in [-0.05, 0) is 59.2 Å². The molecule has 3 aromatic rings. The van der Waals surface area contributed by atoms with Crippen molar-refractivity contribution in [2.75, 3.05) is 13.9 Å². The standard InChI is InChI=1S/C23H20N2O5/c1-23(17-6-4-16-11-18(28-2)7-5-15(16)10-17)21(26)25(22(27)24-23)12-14-3-8-19-20(9-14)30-13-29-19/h3-11H,12-13H2,1-2H3,(H,24,27). The Hall–Kier alpha value is -3.74. The molecule has 0 saturated carbocycles. The van der Waals surface area contributed by atoms with E-state index in [0.29, 0.717) is 11.5 Å². The number of hydrogen-bond donors (Lipinski definition) is 1. The summed E-state index contributed by atoms with van der Waals surface area (Å²) in [6, 6.07) is 16.4. The number of urea groups is 1. The van der Waals surface area contributed by atoms with Crippen LogP contribution in [0.4, 0.5) is 4.79 Å². The SMILES string of the molecule is COc1ccc2cc(C3(C)NC(=O)N(Cc4ccc5c(c4)OCO5)C3=O)ccc2c1. The van der Waals surface area contributed by atoms with Gasteiger partial charge in [-0.3, -0.25) is 9.69 Å². The van der Waals surface area contributed by atoms with Gasteiger partial charge in [0, 0.05) is 0 Å². The molecule has 2 heterocycles. The second-order valence-corrected chi connectivity index (χ2v) is 7.56. The van der Waals surface area contributed by atoms with Gasteiger partial charge in [-0.25, -0.2) is 4.79 Å². The van der Waals surface area contributed by atoms with Crippen LogP contribution in [-0.2, 0) is 16.9 Å². The van der Waals surface area contributed by atoms with Crippen LogP contribution in [-0.4, -0.2) is 30.7 Å². The Bertz CT molecular complexity index is 1190. The number of carbonyl (C=O) groups is 2. The van der Waals surface area contributed by atoms with Crippen LogP contribution in [0.3, 0.4) is 0 Å². The molecule has 3 aromatic carbocycles. The Balaban J connectivity index is 1.44. The van der Waals surface area contributed by atoms with E-state index >= 15 is 0 Å². The topological polar surface area (TPSA) is 77.1 Å². The lowest BCUT2D eigenvalue weighted by molar-refractivity contribution is -0.131. The highest BCUT2D eigenvalue weighted by molar-refractivity contribution is 6.07. The highest BCUT2D eigenvalue weighted by Crippen LogP contribution is 2.35. The van der Waals surface area contributed by atoms with E-state index in [1.165, 1.54) is 4.90 Å². The summed E-state index contributed by atoms with van der Waals surface area (Å²) >= 11 is 0. The Labute approximate surface area is 173 Å². The summed E-state index contributed by atoms with van der Waals surface area (Å²) in [5, 5.41) is 4.82. The number of rotatable bonds is 4. The van der Waals surface area contributed by atoms with E-state index in [1.54, 1.807) is 26.2 Å². The van der Waals surface area contributed by atoms with E-state index in [9.17, 15) is 9.59 Å². The molecule has 1 unspecified atom stereocenters. The maximum atomic E-state index is 13.3. The minimum absolute atomic E-state index is 0.154. The smallest absolute Gasteiger partial charge is 0.325 e. The number of methoxy groups -OCH3 is 1. The normalized spacial score (nSPS) is 20.0. The minimum Gasteiger partial charge on any atom is -0.497 e. The molecule has 0 bridgehead atoms. The summed E-state index contributed by atoms with van der Waals surface area (Å²) in [7, 11) is 1.62. The number of hydrogen-bond acceptors (Lipinski definition) is 5. The summed E-state index contributed by atoms with van der Waals surface area (Å²) in [4.78, 5) is 27.2. The Morgan fingerprint density at radius 3 is 2.60 bits per heavy atom. The third-order valence-corrected chi connectivity index (χ3v) is 5.68. The molecule has 0 aromatic heterocycles. The van der Waals surface area contributed by atoms with Crippen LogP contribution in [0.5, 0.6) is 17.2 Å². The van der Waals surface area contributed by atoms with Crippen molar-refractivity contribution in [2.24, 2.45) is 0 Å². The first-order valence-electron chi connectivity index (χ1n) is 9.59. The zero-order chi connectivity index (χ0) is 20.9. The maximum Gasteiger partial charge on any atom is 0.325 e. The zero-order valence-corrected chi connectivity index (χ0v) is 16.6. The number of nitrogens with zero attached hydrogens (tertiary/aromatic N) is 1. The predicted octanol–water partition coefficient (Wildman–Crippen LogP) is 3.54. The van der Waals surface area contributed by atoms with E-state index in [1.807, 2.05) is 42.5 Å². The summed E-state index contributed by atoms with van der Waals surface area (Å²) in [6.07, 6.45) is 0. The Kier molecular flexibility index (Phi) is 4.06. The van der Waals surface area contributed by atoms with Crippen LogP contribution in [0.2, 0.25) is 0 Å². The molecule has 152 valence electrons. The van der Waals surface area contributed by atoms with Gasteiger partial charge in [0.2, 0.25) is 6.79 Å². The molecule has 1 N–H and O–H groups in total. The number of amides is 3. The average Bonchev–Trinajstić information content (AvgIpc) is 3.31. The zero-order valence-electron chi connectivity index (χ0n) is 16.6. The highest BCUT2D eigenvalue weighted by atomic mass is 16.7. The van der Waals surface area contributed by atoms with E-state index < -0.39 is 11.6 Å². The van der Waals surface area contributed by atoms with Crippen molar-refractivity contribution >= 4 is 22.7 Å². The van der Waals surface area contributed by atoms with Crippen molar-refractivity contribution in [1.82, 2.24) is 10.2 Å². The molecule has 1 atom stereocenters. The number of fused-ring (bicyclic) bond motifs is 2. The van der Waals surface area contributed by atoms with Crippen LogP contribution in [0.25, 0.3) is 10.8 Å². The molecular formula is C23H20N2O5. The van der Waals surface area contributed by atoms with Crippen LogP contribution < -0.4 is 19.5 Å². The lowest BCUT2D eigenvalue weighted by atomic mass is 9.90. The fourth-order valence-electron chi connectivity index (χ4n) is 3.92. The fraction of sp³-hybridized carbons (Fsp3) is 0.217. The summed E-state index contributed by atoms with van der Waals surface area (Å²) in [5.74, 6) is 1.75. The van der Waals surface area contributed by atoms with E-state index in [2.05, 4.69) is 5.32 Å². The molecule has 2 aliphatic heterocycles. The Morgan fingerprint density at radius 1 is 1.00 bits per heavy atom. The lowest BCUT2D eigenvalue weighted by Gasteiger charge is -2.23. The van der Waals surface area contributed by atoms with E-state index in [4.69, 9.17) is 14.2 Å². The van der Waals surface area contributed by atoms with Gasteiger partial charge in [-0.2, -0.15) is 0 Å². The molecule has 0 spiro atoms. The summed E-state index contributed by atoms with van der Waals surface area (Å²) in [5.41, 5.74) is 0.381. The number of ether oxygens (including phenoxy) is 3. The molecule has 0 radical (unpaired) electrons. The van der Waals surface area contributed by atoms with Crippen molar-refractivity contribution in [3.63, 3.8) is 0 Å². The quantitative estimate of drug-likeness (QED) is 0.673. The van der Waals surface area contributed by atoms with Crippen molar-refractivity contribution < 1.29 is 23.8 Å². The molecule has 1 saturated heterocycles. The van der Waals surface area contributed by atoms with Crippen molar-refractivity contribution in [3.8, 4) is 17.2 Å². The van der Waals surface area contributed by atoms with Gasteiger partial charge in [-0.1, -0.05) is 24.3 Å². The molecule has 30 heavy (non-hydrogen) atoms. The van der Waals surface area contributed by atoms with Crippen LogP contribution >= 0.6 is 0 Å². The lowest BCUT2D eigenvalue weighted by Crippen LogP contribution is -2.40. The van der Waals surface area contributed by atoms with E-state index in [-0.39, 0.29) is 19.2 Å². The first-order valence-corrected chi connectivity index (χ1v) is 9.59. The van der Waals surface area contributed by atoms with Gasteiger partial charge < -0.3 is 19.5 Å². The van der Waals surface area contributed by atoms with Gasteiger partial charge >= 0.3 is 6.03 Å². The van der Waals surface area contributed by atoms with E-state index in [0.717, 1.165) is 27.6 Å². The van der Waals surface area contributed by atoms with Crippen LogP contribution in [0, 0.1) is 0 Å². The first kappa shape index (κ1) is 18.3. The number of nitrogens with one attached hydrogen (secondary N) is 1. The molecule has 3 amide bonds. The predicted molar refractivity (Wildman–Crippen MR) is 109 cm³/mol. The molecule has 7 nitrogen and oxygen atoms in total. The van der Waals surface area contributed by atoms with Gasteiger partial charge in [-0.15, -0.1) is 0 Å². The molecular weight excluding hydrogens is 384 g/mol. The average molecular weight is 404 g/mol. The monoisotopic (exact) mass is 404 g/mol. The van der Waals surface area contributed by atoms with Crippen molar-refractivity contribution in [3.05, 3.63) is 65.7 Å². The highest BCUT2D eigenvalue weighted by Gasteiger charge is 2.49. The second-order valence-electron chi connectivity index (χ2n) is 7.56. The third-order valence-electron chi connectivity index (χ3n) is 5.68. The van der Waals surface area contributed by atoms with Gasteiger partial charge in [0.1, 0.15) is 11.3 Å². The largest absolute Gasteiger partial charge is 0.497 e. The van der Waals surface area contributed by atoms with Gasteiger partial charge in [0.25, 0.3) is 5.91 Å². The Morgan fingerprint density at radius 2 is 1.77 bits per heavy atom. The van der Waals surface area contributed by atoms with Crippen molar-refractivity contribution in [2.45, 2.75) is 19.0 Å². The second kappa shape index (κ2) is 6.66. The maximum absolute atomic E-state index is 13.3. The number of benzene rings is 3. The summed E-state index contributed by atoms with van der Waals surface area (Å²) < 4.78 is 16.0. The third kappa shape index (κ3) is 2.82. The molecule has 0 aliphatic carbocycles. The van der Waals surface area contributed by atoms with Crippen molar-refractivity contribution in [1.29, 1.82) is 0 Å². The minimum atomic E-state index is -1.14. The number of imide groups is 1. The van der Waals surface area contributed by atoms with Gasteiger partial charge in [0.15, 0.2) is 11.5 Å². The molecule has 1 fully saturated rings. The fourth-order valence-corrected chi connectivity index (χ4v) is 3.92. The van der Waals surface area contributed by atoms with Gasteiger partial charge in [0.05, 0.1) is 13.7 Å². The van der Waals surface area contributed by atoms with Crippen LogP contribution in [0.1, 0.15) is 18.1 Å². The molecule has 2 aliphatic rings. The molecule has 5 rings (SSSR count). The molecule has 7 heteroatoms. The first-order chi connectivity index (χ1) is 14.5.